The molecule has 0 saturated carbocycles. The van der Waals surface area contributed by atoms with Crippen molar-refractivity contribution in [3.63, 3.8) is 0 Å². The molecule has 4 nitrogen and oxygen atoms in total. The van der Waals surface area contributed by atoms with Gasteiger partial charge in [0.15, 0.2) is 0 Å². The summed E-state index contributed by atoms with van der Waals surface area (Å²) < 4.78 is 67.5. The SMILES string of the molecule is CC1C=Cc2ccc(OS(=O)(=O)C(F)(F)F)cc2O1. The van der Waals surface area contributed by atoms with Gasteiger partial charge in [0, 0.05) is 11.6 Å². The van der Waals surface area contributed by atoms with Gasteiger partial charge >= 0.3 is 15.6 Å². The zero-order valence-corrected chi connectivity index (χ0v) is 10.5. The van der Waals surface area contributed by atoms with Gasteiger partial charge in [0.2, 0.25) is 0 Å². The molecule has 1 aromatic carbocycles. The van der Waals surface area contributed by atoms with Crippen LogP contribution in [0.1, 0.15) is 12.5 Å². The van der Waals surface area contributed by atoms with E-state index in [-0.39, 0.29) is 11.9 Å². The number of benzene rings is 1. The van der Waals surface area contributed by atoms with Gasteiger partial charge in [-0.05, 0) is 25.1 Å². The van der Waals surface area contributed by atoms with Gasteiger partial charge in [-0.25, -0.2) is 0 Å². The molecule has 1 atom stereocenters. The number of ether oxygens (including phenoxy) is 1. The molecule has 1 unspecified atom stereocenters. The molecule has 0 N–H and O–H groups in total. The summed E-state index contributed by atoms with van der Waals surface area (Å²) in [5, 5.41) is 0. The molecule has 0 saturated heterocycles. The molecule has 1 aromatic rings. The second-order valence-corrected chi connectivity index (χ2v) is 5.40. The van der Waals surface area contributed by atoms with E-state index in [1.807, 2.05) is 0 Å². The fourth-order valence-electron chi connectivity index (χ4n) is 1.46. The quantitative estimate of drug-likeness (QED) is 0.621. The average molecular weight is 294 g/mol. The third-order valence-corrected chi connectivity index (χ3v) is 3.31. The van der Waals surface area contributed by atoms with Crippen molar-refractivity contribution in [2.24, 2.45) is 0 Å². The van der Waals surface area contributed by atoms with Crippen LogP contribution in [0.2, 0.25) is 0 Å². The lowest BCUT2D eigenvalue weighted by molar-refractivity contribution is -0.0500. The highest BCUT2D eigenvalue weighted by Crippen LogP contribution is 2.33. The zero-order valence-electron chi connectivity index (χ0n) is 9.64. The summed E-state index contributed by atoms with van der Waals surface area (Å²) >= 11 is 0. The minimum Gasteiger partial charge on any atom is -0.486 e. The van der Waals surface area contributed by atoms with Crippen molar-refractivity contribution in [3.05, 3.63) is 29.8 Å². The maximum absolute atomic E-state index is 12.2. The summed E-state index contributed by atoms with van der Waals surface area (Å²) in [4.78, 5) is 0. The predicted molar refractivity (Wildman–Crippen MR) is 61.2 cm³/mol. The number of rotatable bonds is 2. The molecule has 8 heteroatoms. The van der Waals surface area contributed by atoms with Crippen molar-refractivity contribution < 1.29 is 30.5 Å². The Kier molecular flexibility index (Phi) is 3.21. The van der Waals surface area contributed by atoms with E-state index in [1.54, 1.807) is 19.1 Å². The highest BCUT2D eigenvalue weighted by atomic mass is 32.2. The van der Waals surface area contributed by atoms with Crippen molar-refractivity contribution >= 4 is 16.2 Å². The Morgan fingerprint density at radius 1 is 1.32 bits per heavy atom. The number of fused-ring (bicyclic) bond motifs is 1. The summed E-state index contributed by atoms with van der Waals surface area (Å²) in [7, 11) is -5.66. The highest BCUT2D eigenvalue weighted by molar-refractivity contribution is 7.88. The Bertz CT molecular complexity index is 619. The molecule has 0 radical (unpaired) electrons. The van der Waals surface area contributed by atoms with Crippen LogP contribution in [0.4, 0.5) is 13.2 Å². The van der Waals surface area contributed by atoms with Crippen LogP contribution in [-0.4, -0.2) is 20.0 Å². The van der Waals surface area contributed by atoms with Crippen LogP contribution < -0.4 is 8.92 Å². The van der Waals surface area contributed by atoms with Gasteiger partial charge in [0.1, 0.15) is 17.6 Å². The smallest absolute Gasteiger partial charge is 0.486 e. The summed E-state index contributed by atoms with van der Waals surface area (Å²) in [5.74, 6) is -0.177. The Labute approximate surface area is 107 Å². The summed E-state index contributed by atoms with van der Waals surface area (Å²) in [6.45, 7) is 1.74. The molecule has 0 aromatic heterocycles. The molecule has 0 bridgehead atoms. The maximum atomic E-state index is 12.2. The van der Waals surface area contributed by atoms with Crippen molar-refractivity contribution in [1.29, 1.82) is 0 Å². The molecule has 2 rings (SSSR count). The molecule has 0 fully saturated rings. The van der Waals surface area contributed by atoms with Gasteiger partial charge in [-0.1, -0.05) is 6.08 Å². The molecule has 1 heterocycles. The standard InChI is InChI=1S/C11H9F3O4S/c1-7-2-3-8-4-5-9(6-10(8)17-7)18-19(15,16)11(12,13)14/h2-7H,1H3. The van der Waals surface area contributed by atoms with E-state index < -0.39 is 21.4 Å². The van der Waals surface area contributed by atoms with Gasteiger partial charge in [0.05, 0.1) is 0 Å². The van der Waals surface area contributed by atoms with Crippen LogP contribution in [0, 0.1) is 0 Å². The minimum atomic E-state index is -5.66. The summed E-state index contributed by atoms with van der Waals surface area (Å²) in [5.41, 5.74) is -4.83. The first-order chi connectivity index (χ1) is 8.69. The molecule has 1 aliphatic heterocycles. The summed E-state index contributed by atoms with van der Waals surface area (Å²) in [6.07, 6.45) is 3.24. The van der Waals surface area contributed by atoms with E-state index in [4.69, 9.17) is 4.74 Å². The molecule has 104 valence electrons. The Morgan fingerprint density at radius 2 is 2.00 bits per heavy atom. The lowest BCUT2D eigenvalue weighted by Gasteiger charge is -2.19. The second kappa shape index (κ2) is 4.44. The molecule has 1 aliphatic rings. The fourth-order valence-corrected chi connectivity index (χ4v) is 1.91. The van der Waals surface area contributed by atoms with Crippen LogP contribution in [-0.2, 0) is 10.1 Å². The van der Waals surface area contributed by atoms with Gasteiger partial charge in [-0.15, -0.1) is 0 Å². The highest BCUT2D eigenvalue weighted by Gasteiger charge is 2.48. The number of hydrogen-bond donors (Lipinski definition) is 0. The first-order valence-corrected chi connectivity index (χ1v) is 6.59. The second-order valence-electron chi connectivity index (χ2n) is 3.86. The predicted octanol–water partition coefficient (Wildman–Crippen LogP) is 2.71. The number of hydrogen-bond acceptors (Lipinski definition) is 4. The molecule has 0 amide bonds. The lowest BCUT2D eigenvalue weighted by atomic mass is 10.1. The van der Waals surface area contributed by atoms with Gasteiger partial charge in [-0.2, -0.15) is 21.6 Å². The Hall–Kier alpha value is -1.70. The maximum Gasteiger partial charge on any atom is 0.534 e. The van der Waals surface area contributed by atoms with Crippen molar-refractivity contribution in [1.82, 2.24) is 0 Å². The topological polar surface area (TPSA) is 52.6 Å². The first kappa shape index (κ1) is 13.7. The molecular weight excluding hydrogens is 285 g/mol. The van der Waals surface area contributed by atoms with Crippen LogP contribution in [0.15, 0.2) is 24.3 Å². The van der Waals surface area contributed by atoms with Crippen LogP contribution >= 0.6 is 0 Å². The molecule has 0 spiro atoms. The largest absolute Gasteiger partial charge is 0.534 e. The third-order valence-electron chi connectivity index (χ3n) is 2.33. The third kappa shape index (κ3) is 2.83. The molecule has 19 heavy (non-hydrogen) atoms. The number of alkyl halides is 3. The summed E-state index contributed by atoms with van der Waals surface area (Å²) in [6, 6.07) is 3.66. The fraction of sp³-hybridized carbons (Fsp3) is 0.273. The lowest BCUT2D eigenvalue weighted by Crippen LogP contribution is -2.28. The monoisotopic (exact) mass is 294 g/mol. The van der Waals surface area contributed by atoms with E-state index in [9.17, 15) is 21.6 Å². The van der Waals surface area contributed by atoms with Gasteiger partial charge in [0.25, 0.3) is 0 Å². The molecular formula is C11H9F3O4S. The van der Waals surface area contributed by atoms with Crippen molar-refractivity contribution in [3.8, 4) is 11.5 Å². The zero-order chi connectivity index (χ0) is 14.3. The van der Waals surface area contributed by atoms with E-state index in [2.05, 4.69) is 4.18 Å². The van der Waals surface area contributed by atoms with Crippen molar-refractivity contribution in [2.45, 2.75) is 18.5 Å². The molecule has 0 aliphatic carbocycles. The Morgan fingerprint density at radius 3 is 2.63 bits per heavy atom. The van der Waals surface area contributed by atoms with Crippen LogP contribution in [0.25, 0.3) is 6.08 Å². The van der Waals surface area contributed by atoms with E-state index in [1.165, 1.54) is 6.07 Å². The van der Waals surface area contributed by atoms with Crippen LogP contribution in [0.5, 0.6) is 11.5 Å². The van der Waals surface area contributed by atoms with Gasteiger partial charge < -0.3 is 8.92 Å². The van der Waals surface area contributed by atoms with E-state index in [0.717, 1.165) is 12.1 Å². The Balaban J connectivity index is 2.30. The van der Waals surface area contributed by atoms with Gasteiger partial charge in [-0.3, -0.25) is 0 Å². The first-order valence-electron chi connectivity index (χ1n) is 5.19. The minimum absolute atomic E-state index is 0.248. The van der Waals surface area contributed by atoms with E-state index >= 15 is 0 Å². The van der Waals surface area contributed by atoms with E-state index in [0.29, 0.717) is 5.56 Å². The number of halogens is 3. The van der Waals surface area contributed by atoms with Crippen molar-refractivity contribution in [2.75, 3.05) is 0 Å². The average Bonchev–Trinajstić information content (AvgIpc) is 2.26. The normalized spacial score (nSPS) is 18.6. The van der Waals surface area contributed by atoms with Crippen LogP contribution in [0.3, 0.4) is 0 Å².